The Balaban J connectivity index is 1.51. The molecule has 3 aromatic rings. The van der Waals surface area contributed by atoms with Gasteiger partial charge in [0.1, 0.15) is 0 Å². The number of esters is 1. The number of fused-ring (bicyclic) bond motifs is 2. The van der Waals surface area contributed by atoms with Gasteiger partial charge in [-0.1, -0.05) is 84.4 Å². The molecular formula is C28H24O3. The maximum atomic E-state index is 13.8. The summed E-state index contributed by atoms with van der Waals surface area (Å²) in [6.07, 6.45) is 4.68. The smallest absolute Gasteiger partial charge is 0.309 e. The second-order valence-corrected chi connectivity index (χ2v) is 8.54. The molecular weight excluding hydrogens is 384 g/mol. The van der Waals surface area contributed by atoms with Crippen LogP contribution in [0.1, 0.15) is 38.2 Å². The normalized spacial score (nSPS) is 19.0. The Morgan fingerprint density at radius 1 is 0.903 bits per heavy atom. The molecule has 2 aliphatic rings. The molecule has 31 heavy (non-hydrogen) atoms. The SMILES string of the molecule is COC(=O)Cc1ccc(C[C@@]2(C3=Cc4ccccc4C3)Cc3ccccc3C2=O)cc1. The van der Waals surface area contributed by atoms with Gasteiger partial charge in [-0.2, -0.15) is 0 Å². The van der Waals surface area contributed by atoms with Crippen LogP contribution in [0.3, 0.4) is 0 Å². The molecule has 3 nitrogen and oxygen atoms in total. The highest BCUT2D eigenvalue weighted by atomic mass is 16.5. The van der Waals surface area contributed by atoms with Gasteiger partial charge in [0, 0.05) is 5.56 Å². The number of rotatable bonds is 5. The van der Waals surface area contributed by atoms with Crippen molar-refractivity contribution in [2.24, 2.45) is 5.41 Å². The standard InChI is InChI=1S/C28H24O3/c1-31-26(29)14-19-10-12-20(13-11-19)17-28(18-23-8-4-5-9-25(23)27(28)30)24-15-21-6-2-3-7-22(21)16-24/h2-13,15H,14,16-18H2,1H3/t28-/m0/s1. The van der Waals surface area contributed by atoms with E-state index in [1.807, 2.05) is 42.5 Å². The van der Waals surface area contributed by atoms with Crippen LogP contribution in [0.5, 0.6) is 0 Å². The minimum absolute atomic E-state index is 0.223. The van der Waals surface area contributed by atoms with E-state index < -0.39 is 5.41 Å². The monoisotopic (exact) mass is 408 g/mol. The van der Waals surface area contributed by atoms with Crippen molar-refractivity contribution in [3.05, 3.63) is 112 Å². The second-order valence-electron chi connectivity index (χ2n) is 8.54. The molecule has 0 heterocycles. The molecule has 1 atom stereocenters. The van der Waals surface area contributed by atoms with Gasteiger partial charge in [0.2, 0.25) is 0 Å². The minimum atomic E-state index is -0.563. The molecule has 0 unspecified atom stereocenters. The number of benzene rings is 3. The van der Waals surface area contributed by atoms with Crippen LogP contribution >= 0.6 is 0 Å². The lowest BCUT2D eigenvalue weighted by molar-refractivity contribution is -0.139. The molecule has 5 rings (SSSR count). The van der Waals surface area contributed by atoms with Crippen LogP contribution in [0.25, 0.3) is 6.08 Å². The van der Waals surface area contributed by atoms with Crippen molar-refractivity contribution >= 4 is 17.8 Å². The summed E-state index contributed by atoms with van der Waals surface area (Å²) in [5.41, 5.74) is 7.14. The Labute approximate surface area is 182 Å². The van der Waals surface area contributed by atoms with Gasteiger partial charge in [0.15, 0.2) is 5.78 Å². The van der Waals surface area contributed by atoms with E-state index in [9.17, 15) is 9.59 Å². The van der Waals surface area contributed by atoms with Gasteiger partial charge in [0.05, 0.1) is 18.9 Å². The molecule has 0 spiro atoms. The number of hydrogen-bond acceptors (Lipinski definition) is 3. The zero-order chi connectivity index (χ0) is 21.4. The zero-order valence-corrected chi connectivity index (χ0v) is 17.6. The first kappa shape index (κ1) is 19.5. The average Bonchev–Trinajstić information content (AvgIpc) is 3.35. The number of carbonyl (C=O) groups excluding carboxylic acids is 2. The third-order valence-corrected chi connectivity index (χ3v) is 6.67. The number of allylic oxidation sites excluding steroid dienone is 1. The summed E-state index contributed by atoms with van der Waals surface area (Å²) < 4.78 is 4.77. The van der Waals surface area contributed by atoms with Crippen molar-refractivity contribution in [1.82, 2.24) is 0 Å². The van der Waals surface area contributed by atoms with Crippen LogP contribution in [0.15, 0.2) is 78.4 Å². The molecule has 0 amide bonds. The number of carbonyl (C=O) groups is 2. The molecule has 0 saturated heterocycles. The highest BCUT2D eigenvalue weighted by Gasteiger charge is 2.48. The van der Waals surface area contributed by atoms with Crippen molar-refractivity contribution in [1.29, 1.82) is 0 Å². The fourth-order valence-corrected chi connectivity index (χ4v) is 5.02. The summed E-state index contributed by atoms with van der Waals surface area (Å²) in [5, 5.41) is 0. The zero-order valence-electron chi connectivity index (χ0n) is 17.6. The van der Waals surface area contributed by atoms with Crippen molar-refractivity contribution in [2.75, 3.05) is 7.11 Å². The minimum Gasteiger partial charge on any atom is -0.469 e. The van der Waals surface area contributed by atoms with Crippen molar-refractivity contribution in [3.63, 3.8) is 0 Å². The third-order valence-electron chi connectivity index (χ3n) is 6.67. The lowest BCUT2D eigenvalue weighted by atomic mass is 9.71. The van der Waals surface area contributed by atoms with Gasteiger partial charge in [-0.25, -0.2) is 0 Å². The number of hydrogen-bond donors (Lipinski definition) is 0. The number of Topliss-reactive ketones (excluding diaryl/α,β-unsaturated/α-hetero) is 1. The van der Waals surface area contributed by atoms with E-state index in [0.717, 1.165) is 35.1 Å². The van der Waals surface area contributed by atoms with Crippen LogP contribution in [-0.4, -0.2) is 18.9 Å². The van der Waals surface area contributed by atoms with Gasteiger partial charge in [-0.05, 0) is 47.1 Å². The average molecular weight is 408 g/mol. The molecule has 0 saturated carbocycles. The van der Waals surface area contributed by atoms with E-state index in [1.165, 1.54) is 23.8 Å². The first-order chi connectivity index (χ1) is 15.1. The van der Waals surface area contributed by atoms with Gasteiger partial charge < -0.3 is 4.74 Å². The van der Waals surface area contributed by atoms with E-state index in [4.69, 9.17) is 4.74 Å². The molecule has 0 N–H and O–H groups in total. The molecule has 0 fully saturated rings. The van der Waals surface area contributed by atoms with Crippen LogP contribution in [0.4, 0.5) is 0 Å². The molecule has 3 aromatic carbocycles. The number of methoxy groups -OCH3 is 1. The predicted molar refractivity (Wildman–Crippen MR) is 121 cm³/mol. The first-order valence-electron chi connectivity index (χ1n) is 10.7. The van der Waals surface area contributed by atoms with Gasteiger partial charge in [0.25, 0.3) is 0 Å². The van der Waals surface area contributed by atoms with Crippen LogP contribution in [0.2, 0.25) is 0 Å². The third kappa shape index (κ3) is 3.40. The molecule has 0 aliphatic heterocycles. The van der Waals surface area contributed by atoms with Gasteiger partial charge in [-0.3, -0.25) is 9.59 Å². The molecule has 0 radical (unpaired) electrons. The first-order valence-corrected chi connectivity index (χ1v) is 10.7. The van der Waals surface area contributed by atoms with Gasteiger partial charge in [-0.15, -0.1) is 0 Å². The van der Waals surface area contributed by atoms with Gasteiger partial charge >= 0.3 is 5.97 Å². The fourth-order valence-electron chi connectivity index (χ4n) is 5.02. The maximum Gasteiger partial charge on any atom is 0.309 e. The molecule has 154 valence electrons. The summed E-state index contributed by atoms with van der Waals surface area (Å²) in [4.78, 5) is 25.4. The lowest BCUT2D eigenvalue weighted by Crippen LogP contribution is -2.33. The Kier molecular flexibility index (Phi) is 4.82. The Bertz CT molecular complexity index is 1200. The highest BCUT2D eigenvalue weighted by molar-refractivity contribution is 6.08. The largest absolute Gasteiger partial charge is 0.469 e. The number of ketones is 1. The predicted octanol–water partition coefficient (Wildman–Crippen LogP) is 5.01. The summed E-state index contributed by atoms with van der Waals surface area (Å²) >= 11 is 0. The summed E-state index contributed by atoms with van der Waals surface area (Å²) in [5.74, 6) is -0.0275. The van der Waals surface area contributed by atoms with E-state index in [0.29, 0.717) is 6.42 Å². The topological polar surface area (TPSA) is 43.4 Å². The quantitative estimate of drug-likeness (QED) is 0.558. The van der Waals surface area contributed by atoms with Crippen molar-refractivity contribution < 1.29 is 14.3 Å². The Morgan fingerprint density at radius 3 is 2.29 bits per heavy atom. The van der Waals surface area contributed by atoms with E-state index in [-0.39, 0.29) is 18.2 Å². The fraction of sp³-hybridized carbons (Fsp3) is 0.214. The van der Waals surface area contributed by atoms with Crippen molar-refractivity contribution in [3.8, 4) is 0 Å². The molecule has 0 bridgehead atoms. The summed E-state index contributed by atoms with van der Waals surface area (Å²) in [6.45, 7) is 0. The van der Waals surface area contributed by atoms with Crippen LogP contribution in [0, 0.1) is 5.41 Å². The van der Waals surface area contributed by atoms with Crippen molar-refractivity contribution in [2.45, 2.75) is 25.7 Å². The molecule has 0 aromatic heterocycles. The molecule has 2 aliphatic carbocycles. The summed E-state index contributed by atoms with van der Waals surface area (Å²) in [6, 6.07) is 24.4. The number of ether oxygens (including phenoxy) is 1. The highest BCUT2D eigenvalue weighted by Crippen LogP contribution is 2.48. The van der Waals surface area contributed by atoms with Crippen LogP contribution < -0.4 is 0 Å². The van der Waals surface area contributed by atoms with Crippen LogP contribution in [-0.2, 0) is 35.2 Å². The van der Waals surface area contributed by atoms with E-state index in [2.05, 4.69) is 36.4 Å². The second kappa shape index (κ2) is 7.66. The summed E-state index contributed by atoms with van der Waals surface area (Å²) in [7, 11) is 1.40. The lowest BCUT2D eigenvalue weighted by Gasteiger charge is -2.30. The van der Waals surface area contributed by atoms with E-state index in [1.54, 1.807) is 0 Å². The molecule has 3 heteroatoms. The van der Waals surface area contributed by atoms with E-state index >= 15 is 0 Å². The maximum absolute atomic E-state index is 13.8. The Hall–Kier alpha value is -3.46. The Morgan fingerprint density at radius 2 is 1.58 bits per heavy atom.